The van der Waals surface area contributed by atoms with E-state index in [0.717, 1.165) is 37.9 Å². The number of aromatic hydroxyl groups is 1. The number of carboxylic acid groups (broad SMARTS) is 1. The summed E-state index contributed by atoms with van der Waals surface area (Å²) in [4.78, 5) is 11.7. The lowest BCUT2D eigenvalue weighted by molar-refractivity contribution is -0.131. The van der Waals surface area contributed by atoms with Gasteiger partial charge in [-0.15, -0.1) is 11.3 Å². The third-order valence-electron chi connectivity index (χ3n) is 4.63. The van der Waals surface area contributed by atoms with E-state index >= 15 is 0 Å². The van der Waals surface area contributed by atoms with Crippen LogP contribution in [0.2, 0.25) is 0 Å². The molecular weight excluding hydrogens is 396 g/mol. The molecule has 30 heavy (non-hydrogen) atoms. The van der Waals surface area contributed by atoms with E-state index in [1.54, 1.807) is 23.5 Å². The number of rotatable bonds is 5. The fourth-order valence-corrected chi connectivity index (χ4v) is 4.54. The van der Waals surface area contributed by atoms with Gasteiger partial charge in [0.1, 0.15) is 11.5 Å². The quantitative estimate of drug-likeness (QED) is 0.352. The van der Waals surface area contributed by atoms with Crippen molar-refractivity contribution in [3.05, 3.63) is 83.4 Å². The number of fused-ring (bicyclic) bond motifs is 1. The summed E-state index contributed by atoms with van der Waals surface area (Å²) in [6, 6.07) is 18.9. The van der Waals surface area contributed by atoms with Crippen molar-refractivity contribution in [1.82, 2.24) is 0 Å². The smallest absolute Gasteiger partial charge is 0.328 e. The van der Waals surface area contributed by atoms with Crippen molar-refractivity contribution in [3.63, 3.8) is 0 Å². The Morgan fingerprint density at radius 3 is 2.33 bits per heavy atom. The van der Waals surface area contributed by atoms with Gasteiger partial charge in [-0.25, -0.2) is 4.79 Å². The molecule has 0 fully saturated rings. The molecule has 0 saturated heterocycles. The molecule has 0 spiro atoms. The number of aryl methyl sites for hydroxylation is 2. The van der Waals surface area contributed by atoms with Crippen LogP contribution in [0, 0.1) is 13.8 Å². The second-order valence-corrected chi connectivity index (χ2v) is 8.21. The third kappa shape index (κ3) is 4.21. The number of carbonyl (C=O) groups is 1. The predicted octanol–water partition coefficient (Wildman–Crippen LogP) is 6.78. The predicted molar refractivity (Wildman–Crippen MR) is 122 cm³/mol. The van der Waals surface area contributed by atoms with Gasteiger partial charge in [-0.1, -0.05) is 41.5 Å². The molecule has 2 N–H and O–H groups in total. The van der Waals surface area contributed by atoms with Crippen molar-refractivity contribution < 1.29 is 19.7 Å². The van der Waals surface area contributed by atoms with E-state index in [1.807, 2.05) is 30.3 Å². The molecule has 0 saturated carbocycles. The van der Waals surface area contributed by atoms with Gasteiger partial charge < -0.3 is 14.9 Å². The molecule has 0 radical (unpaired) electrons. The standard InChI is InChI=1S/C25H20O4S/c1-15-11-16(2)13-18(12-15)25-24(21-9-6-19(26)14-22(21)30-25)29-20-7-3-17(4-8-20)5-10-23(27)28/h3-14,26H,1-2H3,(H,27,28). The monoisotopic (exact) mass is 416 g/mol. The first kappa shape index (κ1) is 19.7. The number of benzene rings is 3. The van der Waals surface area contributed by atoms with Crippen LogP contribution in [0.3, 0.4) is 0 Å². The van der Waals surface area contributed by atoms with E-state index in [4.69, 9.17) is 9.84 Å². The van der Waals surface area contributed by atoms with Crippen molar-refractivity contribution >= 4 is 33.5 Å². The molecule has 0 amide bonds. The van der Waals surface area contributed by atoms with Crippen LogP contribution < -0.4 is 4.74 Å². The number of thiophene rings is 1. The lowest BCUT2D eigenvalue weighted by atomic mass is 10.1. The minimum absolute atomic E-state index is 0.219. The molecule has 0 unspecified atom stereocenters. The molecule has 0 aliphatic heterocycles. The largest absolute Gasteiger partial charge is 0.508 e. The van der Waals surface area contributed by atoms with Crippen LogP contribution >= 0.6 is 11.3 Å². The van der Waals surface area contributed by atoms with Crippen LogP contribution in [0.25, 0.3) is 26.6 Å². The first-order chi connectivity index (χ1) is 14.4. The first-order valence-electron chi connectivity index (χ1n) is 9.42. The molecule has 0 bridgehead atoms. The highest BCUT2D eigenvalue weighted by Gasteiger charge is 2.17. The van der Waals surface area contributed by atoms with Gasteiger partial charge in [0.25, 0.3) is 0 Å². The molecule has 150 valence electrons. The zero-order valence-corrected chi connectivity index (χ0v) is 17.4. The fraction of sp³-hybridized carbons (Fsp3) is 0.0800. The Labute approximate surface area is 178 Å². The Kier molecular flexibility index (Phi) is 5.29. The van der Waals surface area contributed by atoms with Gasteiger partial charge in [0.2, 0.25) is 0 Å². The molecule has 0 aliphatic rings. The minimum atomic E-state index is -0.985. The maximum Gasteiger partial charge on any atom is 0.328 e. The lowest BCUT2D eigenvalue weighted by Crippen LogP contribution is -1.88. The van der Waals surface area contributed by atoms with Gasteiger partial charge >= 0.3 is 5.97 Å². The van der Waals surface area contributed by atoms with E-state index in [1.165, 1.54) is 17.2 Å². The molecule has 4 rings (SSSR count). The zero-order chi connectivity index (χ0) is 21.3. The van der Waals surface area contributed by atoms with Gasteiger partial charge in [0.15, 0.2) is 5.75 Å². The molecule has 1 heterocycles. The number of hydrogen-bond acceptors (Lipinski definition) is 4. The van der Waals surface area contributed by atoms with Gasteiger partial charge in [-0.2, -0.15) is 0 Å². The van der Waals surface area contributed by atoms with Crippen molar-refractivity contribution in [1.29, 1.82) is 0 Å². The van der Waals surface area contributed by atoms with E-state index < -0.39 is 5.97 Å². The summed E-state index contributed by atoms with van der Waals surface area (Å²) in [5, 5.41) is 19.6. The molecule has 0 aliphatic carbocycles. The van der Waals surface area contributed by atoms with Crippen molar-refractivity contribution in [2.45, 2.75) is 13.8 Å². The summed E-state index contributed by atoms with van der Waals surface area (Å²) in [7, 11) is 0. The molecule has 0 atom stereocenters. The van der Waals surface area contributed by atoms with Crippen LogP contribution in [0.4, 0.5) is 0 Å². The van der Waals surface area contributed by atoms with E-state index in [0.29, 0.717) is 5.75 Å². The average molecular weight is 416 g/mol. The summed E-state index contributed by atoms with van der Waals surface area (Å²) in [6.45, 7) is 4.14. The van der Waals surface area contributed by atoms with Crippen molar-refractivity contribution in [2.24, 2.45) is 0 Å². The van der Waals surface area contributed by atoms with Gasteiger partial charge in [0.05, 0.1) is 4.88 Å². The fourth-order valence-electron chi connectivity index (χ4n) is 3.39. The van der Waals surface area contributed by atoms with Crippen LogP contribution in [-0.4, -0.2) is 16.2 Å². The van der Waals surface area contributed by atoms with Crippen LogP contribution in [0.1, 0.15) is 16.7 Å². The van der Waals surface area contributed by atoms with E-state index in [-0.39, 0.29) is 5.75 Å². The maximum absolute atomic E-state index is 10.7. The number of phenols is 1. The zero-order valence-electron chi connectivity index (χ0n) is 16.5. The van der Waals surface area contributed by atoms with E-state index in [2.05, 4.69) is 32.0 Å². The first-order valence-corrected chi connectivity index (χ1v) is 10.2. The van der Waals surface area contributed by atoms with Gasteiger partial charge in [-0.05, 0) is 61.4 Å². The summed E-state index contributed by atoms with van der Waals surface area (Å²) in [6.07, 6.45) is 2.64. The summed E-state index contributed by atoms with van der Waals surface area (Å²) < 4.78 is 7.25. The molecule has 5 heteroatoms. The number of hydrogen-bond donors (Lipinski definition) is 2. The Balaban J connectivity index is 1.78. The molecule has 1 aromatic heterocycles. The van der Waals surface area contributed by atoms with E-state index in [9.17, 15) is 9.90 Å². The maximum atomic E-state index is 10.7. The Bertz CT molecular complexity index is 1250. The Hall–Kier alpha value is -3.57. The van der Waals surface area contributed by atoms with Crippen LogP contribution in [0.15, 0.2) is 66.7 Å². The molecule has 3 aromatic carbocycles. The number of carboxylic acids is 1. The normalized spacial score (nSPS) is 11.3. The van der Waals surface area contributed by atoms with Crippen LogP contribution in [0.5, 0.6) is 17.2 Å². The minimum Gasteiger partial charge on any atom is -0.508 e. The number of ether oxygens (including phenoxy) is 1. The topological polar surface area (TPSA) is 66.8 Å². The van der Waals surface area contributed by atoms with Gasteiger partial charge in [-0.3, -0.25) is 0 Å². The lowest BCUT2D eigenvalue weighted by Gasteiger charge is -2.10. The van der Waals surface area contributed by atoms with Crippen molar-refractivity contribution in [3.8, 4) is 27.7 Å². The Morgan fingerprint density at radius 1 is 0.967 bits per heavy atom. The average Bonchev–Trinajstić information content (AvgIpc) is 3.04. The number of phenolic OH excluding ortho intramolecular Hbond substituents is 1. The Morgan fingerprint density at radius 2 is 1.67 bits per heavy atom. The highest BCUT2D eigenvalue weighted by molar-refractivity contribution is 7.22. The second-order valence-electron chi connectivity index (χ2n) is 7.16. The summed E-state index contributed by atoms with van der Waals surface area (Å²) in [5.41, 5.74) is 4.19. The van der Waals surface area contributed by atoms with Crippen LogP contribution in [-0.2, 0) is 4.79 Å². The summed E-state index contributed by atoms with van der Waals surface area (Å²) in [5.74, 6) is 0.632. The molecule has 4 nitrogen and oxygen atoms in total. The molecule has 4 aromatic rings. The highest BCUT2D eigenvalue weighted by atomic mass is 32.1. The molecular formula is C25H20O4S. The second kappa shape index (κ2) is 8.05. The number of aliphatic carboxylic acids is 1. The van der Waals surface area contributed by atoms with Crippen molar-refractivity contribution in [2.75, 3.05) is 0 Å². The third-order valence-corrected chi connectivity index (χ3v) is 5.81. The SMILES string of the molecule is Cc1cc(C)cc(-c2sc3cc(O)ccc3c2Oc2ccc(C=CC(=O)O)cc2)c1. The van der Waals surface area contributed by atoms with Gasteiger partial charge in [0, 0.05) is 16.2 Å². The highest BCUT2D eigenvalue weighted by Crippen LogP contribution is 2.47. The summed E-state index contributed by atoms with van der Waals surface area (Å²) >= 11 is 1.58.